The van der Waals surface area contributed by atoms with Crippen molar-refractivity contribution in [2.24, 2.45) is 0 Å². The number of amides is 2. The predicted molar refractivity (Wildman–Crippen MR) is 52.4 cm³/mol. The number of hydrazine groups is 1. The number of hydrogen-bond donors (Lipinski definition) is 1. The van der Waals surface area contributed by atoms with Crippen molar-refractivity contribution in [3.8, 4) is 0 Å². The number of ether oxygens (including phenoxy) is 1. The molecule has 0 bridgehead atoms. The number of carbonyl (C=O) groups excluding carboxylic acids is 2. The summed E-state index contributed by atoms with van der Waals surface area (Å²) in [5, 5.41) is 1.16. The number of nitrogens with zero attached hydrogens (tertiary/aromatic N) is 1. The van der Waals surface area contributed by atoms with Gasteiger partial charge >= 0.3 is 6.09 Å². The molecule has 1 N–H and O–H groups in total. The average Bonchev–Trinajstić information content (AvgIpc) is 2.00. The van der Waals surface area contributed by atoms with Gasteiger partial charge in [0.05, 0.1) is 0 Å². The first-order valence-electron chi connectivity index (χ1n) is 4.60. The van der Waals surface area contributed by atoms with E-state index in [0.29, 0.717) is 13.0 Å². The van der Waals surface area contributed by atoms with Gasteiger partial charge in [-0.05, 0) is 27.2 Å². The Kier molecular flexibility index (Phi) is 4.97. The van der Waals surface area contributed by atoms with Gasteiger partial charge in [-0.3, -0.25) is 9.80 Å². The summed E-state index contributed by atoms with van der Waals surface area (Å²) < 4.78 is 4.97. The van der Waals surface area contributed by atoms with Crippen LogP contribution in [0, 0.1) is 0 Å². The summed E-state index contributed by atoms with van der Waals surface area (Å²) in [6.07, 6.45) is 0.722. The summed E-state index contributed by atoms with van der Waals surface area (Å²) in [6.45, 7) is 7.67. The molecule has 0 aromatic rings. The number of hydrogen-bond acceptors (Lipinski definition) is 3. The molecule has 0 aliphatic rings. The molecule has 14 heavy (non-hydrogen) atoms. The second-order valence-electron chi connectivity index (χ2n) is 3.91. The fourth-order valence-electron chi connectivity index (χ4n) is 0.794. The van der Waals surface area contributed by atoms with Crippen LogP contribution < -0.4 is 5.43 Å². The van der Waals surface area contributed by atoms with E-state index in [2.05, 4.69) is 5.43 Å². The highest BCUT2D eigenvalue weighted by Gasteiger charge is 2.17. The van der Waals surface area contributed by atoms with Gasteiger partial charge in [-0.25, -0.2) is 10.2 Å². The van der Waals surface area contributed by atoms with Crippen LogP contribution in [0.15, 0.2) is 0 Å². The molecular formula is C9H18N2O3. The van der Waals surface area contributed by atoms with Crippen molar-refractivity contribution in [1.29, 1.82) is 0 Å². The molecule has 0 radical (unpaired) electrons. The van der Waals surface area contributed by atoms with Crippen LogP contribution in [0.2, 0.25) is 0 Å². The zero-order chi connectivity index (χ0) is 11.2. The molecule has 0 saturated heterocycles. The fraction of sp³-hybridized carbons (Fsp3) is 0.778. The highest BCUT2D eigenvalue weighted by molar-refractivity contribution is 5.69. The number of nitrogens with one attached hydrogen (secondary N) is 1. The third kappa shape index (κ3) is 6.28. The van der Waals surface area contributed by atoms with Crippen molar-refractivity contribution in [3.05, 3.63) is 0 Å². The van der Waals surface area contributed by atoms with Crippen LogP contribution in [0.5, 0.6) is 0 Å². The summed E-state index contributed by atoms with van der Waals surface area (Å²) in [4.78, 5) is 21.6. The minimum Gasteiger partial charge on any atom is -0.443 e. The molecule has 0 atom stereocenters. The minimum absolute atomic E-state index is 0.475. The Balaban J connectivity index is 3.97. The highest BCUT2D eigenvalue weighted by Crippen LogP contribution is 2.06. The molecule has 0 unspecified atom stereocenters. The zero-order valence-corrected chi connectivity index (χ0v) is 9.16. The van der Waals surface area contributed by atoms with Gasteiger partial charge in [0, 0.05) is 6.54 Å². The first-order valence-corrected chi connectivity index (χ1v) is 4.60. The van der Waals surface area contributed by atoms with Crippen LogP contribution in [0.25, 0.3) is 0 Å². The quantitative estimate of drug-likeness (QED) is 0.552. The molecule has 0 aromatic carbocycles. The molecular weight excluding hydrogens is 184 g/mol. The Morgan fingerprint density at radius 3 is 2.43 bits per heavy atom. The molecule has 0 spiro atoms. The zero-order valence-electron chi connectivity index (χ0n) is 9.16. The van der Waals surface area contributed by atoms with Crippen molar-refractivity contribution in [1.82, 2.24) is 10.4 Å². The molecule has 0 rings (SSSR count). The third-order valence-corrected chi connectivity index (χ3v) is 1.23. The van der Waals surface area contributed by atoms with Crippen molar-refractivity contribution in [3.63, 3.8) is 0 Å². The first kappa shape index (κ1) is 12.7. The van der Waals surface area contributed by atoms with Gasteiger partial charge in [-0.2, -0.15) is 0 Å². The second kappa shape index (κ2) is 5.47. The Morgan fingerprint density at radius 2 is 2.07 bits per heavy atom. The van der Waals surface area contributed by atoms with Gasteiger partial charge in [0.2, 0.25) is 6.41 Å². The van der Waals surface area contributed by atoms with E-state index >= 15 is 0 Å². The minimum atomic E-state index is -0.613. The van der Waals surface area contributed by atoms with Crippen LogP contribution in [0.1, 0.15) is 34.1 Å². The van der Waals surface area contributed by atoms with Crippen LogP contribution in [0.4, 0.5) is 4.79 Å². The average molecular weight is 202 g/mol. The summed E-state index contributed by atoms with van der Waals surface area (Å²) >= 11 is 0. The first-order chi connectivity index (χ1) is 6.39. The molecule has 5 heteroatoms. The van der Waals surface area contributed by atoms with E-state index in [1.54, 1.807) is 20.8 Å². The fourth-order valence-corrected chi connectivity index (χ4v) is 0.794. The van der Waals surface area contributed by atoms with Crippen LogP contribution in [-0.2, 0) is 9.53 Å². The Hall–Kier alpha value is -1.26. The standard InChI is InChI=1S/C9H18N2O3/c1-5-6-11(7-12)10-8(13)14-9(2,3)4/h7H,5-6H2,1-4H3,(H,10,13). The predicted octanol–water partition coefficient (Wildman–Crippen LogP) is 1.29. The maximum absolute atomic E-state index is 11.2. The molecule has 0 aromatic heterocycles. The van der Waals surface area contributed by atoms with Gasteiger partial charge in [0.1, 0.15) is 5.60 Å². The lowest BCUT2D eigenvalue weighted by Crippen LogP contribution is -2.44. The Labute approximate surface area is 84.4 Å². The summed E-state index contributed by atoms with van der Waals surface area (Å²) in [5.41, 5.74) is 1.78. The third-order valence-electron chi connectivity index (χ3n) is 1.23. The van der Waals surface area contributed by atoms with Crippen molar-refractivity contribution in [2.75, 3.05) is 6.54 Å². The summed E-state index contributed by atoms with van der Waals surface area (Å²) in [6, 6.07) is 0. The van der Waals surface area contributed by atoms with E-state index < -0.39 is 11.7 Å². The maximum Gasteiger partial charge on any atom is 0.426 e. The summed E-state index contributed by atoms with van der Waals surface area (Å²) in [5.74, 6) is 0. The van der Waals surface area contributed by atoms with Crippen molar-refractivity contribution < 1.29 is 14.3 Å². The smallest absolute Gasteiger partial charge is 0.426 e. The monoisotopic (exact) mass is 202 g/mol. The topological polar surface area (TPSA) is 58.6 Å². The lowest BCUT2D eigenvalue weighted by Gasteiger charge is -2.23. The second-order valence-corrected chi connectivity index (χ2v) is 3.91. The van der Waals surface area contributed by atoms with Crippen LogP contribution >= 0.6 is 0 Å². The lowest BCUT2D eigenvalue weighted by molar-refractivity contribution is -0.121. The van der Waals surface area contributed by atoms with Crippen molar-refractivity contribution >= 4 is 12.5 Å². The molecule has 5 nitrogen and oxygen atoms in total. The van der Waals surface area contributed by atoms with Crippen LogP contribution in [0.3, 0.4) is 0 Å². The van der Waals surface area contributed by atoms with Crippen LogP contribution in [-0.4, -0.2) is 29.7 Å². The molecule has 0 aliphatic heterocycles. The van der Waals surface area contributed by atoms with Crippen molar-refractivity contribution in [2.45, 2.75) is 39.7 Å². The lowest BCUT2D eigenvalue weighted by atomic mass is 10.2. The van der Waals surface area contributed by atoms with E-state index in [1.165, 1.54) is 0 Å². The molecule has 2 amide bonds. The molecule has 0 fully saturated rings. The van der Waals surface area contributed by atoms with Gasteiger partial charge in [0.25, 0.3) is 0 Å². The van der Waals surface area contributed by atoms with E-state index in [0.717, 1.165) is 11.4 Å². The Morgan fingerprint density at radius 1 is 1.50 bits per heavy atom. The molecule has 0 saturated carbocycles. The molecule has 0 aliphatic carbocycles. The normalized spacial score (nSPS) is 10.6. The largest absolute Gasteiger partial charge is 0.443 e. The number of rotatable bonds is 4. The summed E-state index contributed by atoms with van der Waals surface area (Å²) in [7, 11) is 0. The van der Waals surface area contributed by atoms with Gasteiger partial charge < -0.3 is 4.74 Å². The Bertz CT molecular complexity index is 199. The van der Waals surface area contributed by atoms with E-state index in [-0.39, 0.29) is 0 Å². The maximum atomic E-state index is 11.2. The van der Waals surface area contributed by atoms with Gasteiger partial charge in [-0.1, -0.05) is 6.92 Å². The van der Waals surface area contributed by atoms with Gasteiger partial charge in [0.15, 0.2) is 0 Å². The highest BCUT2D eigenvalue weighted by atomic mass is 16.6. The molecule has 82 valence electrons. The number of carbonyl (C=O) groups is 2. The SMILES string of the molecule is CCCN(C=O)NC(=O)OC(C)(C)C. The van der Waals surface area contributed by atoms with E-state index in [4.69, 9.17) is 4.74 Å². The van der Waals surface area contributed by atoms with Gasteiger partial charge in [-0.15, -0.1) is 0 Å². The van der Waals surface area contributed by atoms with E-state index in [1.807, 2.05) is 6.92 Å². The van der Waals surface area contributed by atoms with E-state index in [9.17, 15) is 9.59 Å². The molecule has 0 heterocycles.